The maximum Gasteiger partial charge on any atom is 0.0737 e. The zero-order chi connectivity index (χ0) is 16.8. The molecule has 2 aromatic rings. The lowest BCUT2D eigenvalue weighted by Crippen LogP contribution is -2.31. The lowest BCUT2D eigenvalue weighted by Gasteiger charge is -2.29. The molecule has 23 heavy (non-hydrogen) atoms. The van der Waals surface area contributed by atoms with Crippen LogP contribution in [-0.4, -0.2) is 42.6 Å². The van der Waals surface area contributed by atoms with E-state index in [1.807, 2.05) is 18.3 Å². The van der Waals surface area contributed by atoms with E-state index in [0.717, 1.165) is 29.0 Å². The average Bonchev–Trinajstić information content (AvgIpc) is 2.57. The summed E-state index contributed by atoms with van der Waals surface area (Å²) in [4.78, 5) is 9.28. The minimum atomic E-state index is 0.492. The third kappa shape index (κ3) is 4.58. The summed E-state index contributed by atoms with van der Waals surface area (Å²) in [5.74, 6) is 0. The van der Waals surface area contributed by atoms with E-state index in [4.69, 9.17) is 11.6 Å². The van der Waals surface area contributed by atoms with E-state index in [2.05, 4.69) is 54.7 Å². The number of nitrogens with zero attached hydrogens (tertiary/aromatic N) is 3. The van der Waals surface area contributed by atoms with Crippen LogP contribution in [0.1, 0.15) is 33.6 Å². The van der Waals surface area contributed by atoms with E-state index < -0.39 is 0 Å². The molecule has 1 aromatic carbocycles. The lowest BCUT2D eigenvalue weighted by molar-refractivity contribution is 0.293. The molecule has 1 atom stereocenters. The van der Waals surface area contributed by atoms with Gasteiger partial charge in [-0.3, -0.25) is 4.98 Å². The first kappa shape index (κ1) is 18.0. The molecule has 126 valence electrons. The molecule has 0 N–H and O–H groups in total. The van der Waals surface area contributed by atoms with Crippen molar-refractivity contribution in [3.63, 3.8) is 0 Å². The van der Waals surface area contributed by atoms with Gasteiger partial charge in [0.1, 0.15) is 0 Å². The van der Waals surface area contributed by atoms with Crippen molar-refractivity contribution in [2.24, 2.45) is 0 Å². The summed E-state index contributed by atoms with van der Waals surface area (Å²) in [5, 5.41) is 1.90. The van der Waals surface area contributed by atoms with Gasteiger partial charge < -0.3 is 9.80 Å². The molecule has 4 heteroatoms. The molecule has 0 aliphatic heterocycles. The van der Waals surface area contributed by atoms with E-state index in [1.54, 1.807) is 0 Å². The number of pyridine rings is 1. The Morgan fingerprint density at radius 1 is 1.17 bits per heavy atom. The van der Waals surface area contributed by atoms with Crippen LogP contribution >= 0.6 is 11.6 Å². The van der Waals surface area contributed by atoms with Crippen molar-refractivity contribution in [3.05, 3.63) is 35.5 Å². The molecular formula is C19H28ClN3. The van der Waals surface area contributed by atoms with Gasteiger partial charge in [0.05, 0.1) is 5.52 Å². The van der Waals surface area contributed by atoms with Gasteiger partial charge in [0.2, 0.25) is 0 Å². The Morgan fingerprint density at radius 3 is 2.61 bits per heavy atom. The first-order chi connectivity index (χ1) is 11.1. The number of aromatic nitrogens is 1. The summed E-state index contributed by atoms with van der Waals surface area (Å²) < 4.78 is 0. The SMILES string of the molecule is CCN(CC)CCCC(C)N(C)c1ccnc2cc(Cl)ccc12. The highest BCUT2D eigenvalue weighted by molar-refractivity contribution is 6.31. The van der Waals surface area contributed by atoms with Gasteiger partial charge in [-0.1, -0.05) is 25.4 Å². The van der Waals surface area contributed by atoms with Crippen LogP contribution < -0.4 is 4.90 Å². The highest BCUT2D eigenvalue weighted by atomic mass is 35.5. The smallest absolute Gasteiger partial charge is 0.0737 e. The summed E-state index contributed by atoms with van der Waals surface area (Å²) in [7, 11) is 2.17. The summed E-state index contributed by atoms with van der Waals surface area (Å²) in [6.07, 6.45) is 4.28. The molecule has 1 heterocycles. The predicted octanol–water partition coefficient (Wildman–Crippen LogP) is 4.83. The Labute approximate surface area is 145 Å². The summed E-state index contributed by atoms with van der Waals surface area (Å²) in [6, 6.07) is 8.52. The molecular weight excluding hydrogens is 306 g/mol. The number of halogens is 1. The van der Waals surface area contributed by atoms with Crippen molar-refractivity contribution in [2.45, 2.75) is 39.7 Å². The van der Waals surface area contributed by atoms with Crippen LogP contribution in [0.5, 0.6) is 0 Å². The molecule has 0 radical (unpaired) electrons. The predicted molar refractivity (Wildman–Crippen MR) is 102 cm³/mol. The molecule has 0 amide bonds. The van der Waals surface area contributed by atoms with Crippen LogP contribution in [0.4, 0.5) is 5.69 Å². The topological polar surface area (TPSA) is 19.4 Å². The van der Waals surface area contributed by atoms with Gasteiger partial charge in [0.15, 0.2) is 0 Å². The maximum atomic E-state index is 6.08. The van der Waals surface area contributed by atoms with Crippen molar-refractivity contribution in [1.29, 1.82) is 0 Å². The standard InChI is InChI=1S/C19H28ClN3/c1-5-23(6-2)13-7-8-15(3)22(4)19-11-12-21-18-14-16(20)9-10-17(18)19/h9-12,14-15H,5-8,13H2,1-4H3. The van der Waals surface area contributed by atoms with E-state index in [1.165, 1.54) is 25.1 Å². The van der Waals surface area contributed by atoms with Crippen molar-refractivity contribution in [2.75, 3.05) is 31.6 Å². The summed E-state index contributed by atoms with van der Waals surface area (Å²) in [5.41, 5.74) is 2.18. The van der Waals surface area contributed by atoms with Gasteiger partial charge in [0.25, 0.3) is 0 Å². The number of hydrogen-bond donors (Lipinski definition) is 0. The second kappa shape index (κ2) is 8.51. The van der Waals surface area contributed by atoms with Gasteiger partial charge in [-0.05, 0) is 63.7 Å². The maximum absolute atomic E-state index is 6.08. The molecule has 2 rings (SSSR count). The van der Waals surface area contributed by atoms with Crippen LogP contribution in [0.2, 0.25) is 5.02 Å². The fourth-order valence-corrected chi connectivity index (χ4v) is 3.16. The van der Waals surface area contributed by atoms with E-state index in [-0.39, 0.29) is 0 Å². The molecule has 0 spiro atoms. The number of benzene rings is 1. The van der Waals surface area contributed by atoms with Crippen LogP contribution in [0.15, 0.2) is 30.5 Å². The minimum absolute atomic E-state index is 0.492. The zero-order valence-electron chi connectivity index (χ0n) is 14.7. The second-order valence-corrected chi connectivity index (χ2v) is 6.56. The second-order valence-electron chi connectivity index (χ2n) is 6.12. The zero-order valence-corrected chi connectivity index (χ0v) is 15.5. The Bertz CT molecular complexity index is 625. The number of anilines is 1. The first-order valence-corrected chi connectivity index (χ1v) is 8.94. The highest BCUT2D eigenvalue weighted by Crippen LogP contribution is 2.28. The normalized spacial score (nSPS) is 12.8. The van der Waals surface area contributed by atoms with Crippen LogP contribution in [0, 0.1) is 0 Å². The fraction of sp³-hybridized carbons (Fsp3) is 0.526. The molecule has 0 saturated carbocycles. The Kier molecular flexibility index (Phi) is 6.67. The molecule has 3 nitrogen and oxygen atoms in total. The third-order valence-electron chi connectivity index (χ3n) is 4.71. The minimum Gasteiger partial charge on any atom is -0.371 e. The Morgan fingerprint density at radius 2 is 1.91 bits per heavy atom. The highest BCUT2D eigenvalue weighted by Gasteiger charge is 2.13. The lowest BCUT2D eigenvalue weighted by atomic mass is 10.1. The van der Waals surface area contributed by atoms with Crippen molar-refractivity contribution < 1.29 is 0 Å². The molecule has 0 fully saturated rings. The van der Waals surface area contributed by atoms with Gasteiger partial charge in [0, 0.05) is 35.4 Å². The average molecular weight is 334 g/mol. The van der Waals surface area contributed by atoms with Crippen molar-refractivity contribution in [3.8, 4) is 0 Å². The van der Waals surface area contributed by atoms with E-state index >= 15 is 0 Å². The summed E-state index contributed by atoms with van der Waals surface area (Å²) in [6.45, 7) is 10.2. The molecule has 0 saturated heterocycles. The van der Waals surface area contributed by atoms with E-state index in [0.29, 0.717) is 6.04 Å². The van der Waals surface area contributed by atoms with Crippen molar-refractivity contribution >= 4 is 28.2 Å². The van der Waals surface area contributed by atoms with E-state index in [9.17, 15) is 0 Å². The Balaban J connectivity index is 2.06. The third-order valence-corrected chi connectivity index (χ3v) is 4.95. The van der Waals surface area contributed by atoms with Gasteiger partial charge in [-0.25, -0.2) is 0 Å². The van der Waals surface area contributed by atoms with Crippen molar-refractivity contribution in [1.82, 2.24) is 9.88 Å². The molecule has 1 aromatic heterocycles. The molecule has 0 bridgehead atoms. The first-order valence-electron chi connectivity index (χ1n) is 8.56. The van der Waals surface area contributed by atoms with Gasteiger partial charge in [-0.2, -0.15) is 0 Å². The van der Waals surface area contributed by atoms with Crippen LogP contribution in [-0.2, 0) is 0 Å². The molecule has 1 unspecified atom stereocenters. The molecule has 0 aliphatic carbocycles. The number of hydrogen-bond acceptors (Lipinski definition) is 3. The van der Waals surface area contributed by atoms with Crippen LogP contribution in [0.25, 0.3) is 10.9 Å². The van der Waals surface area contributed by atoms with Gasteiger partial charge in [-0.15, -0.1) is 0 Å². The summed E-state index contributed by atoms with van der Waals surface area (Å²) >= 11 is 6.08. The number of fused-ring (bicyclic) bond motifs is 1. The largest absolute Gasteiger partial charge is 0.371 e. The molecule has 0 aliphatic rings. The fourth-order valence-electron chi connectivity index (χ4n) is 2.99. The number of rotatable bonds is 8. The van der Waals surface area contributed by atoms with Gasteiger partial charge >= 0.3 is 0 Å². The monoisotopic (exact) mass is 333 g/mol. The quantitative estimate of drug-likeness (QED) is 0.689. The van der Waals surface area contributed by atoms with Crippen LogP contribution in [0.3, 0.4) is 0 Å². The Hall–Kier alpha value is -1.32.